The molecule has 0 saturated carbocycles. The van der Waals surface area contributed by atoms with Gasteiger partial charge in [0.1, 0.15) is 5.82 Å². The van der Waals surface area contributed by atoms with E-state index in [9.17, 15) is 4.79 Å². The molecule has 6 heteroatoms. The van der Waals surface area contributed by atoms with Gasteiger partial charge in [0.05, 0.1) is 24.3 Å². The molecule has 86 valence electrons. The summed E-state index contributed by atoms with van der Waals surface area (Å²) in [6.45, 7) is 1.89. The van der Waals surface area contributed by atoms with Crippen LogP contribution in [0.25, 0.3) is 0 Å². The summed E-state index contributed by atoms with van der Waals surface area (Å²) in [4.78, 5) is 22.4. The lowest BCUT2D eigenvalue weighted by Crippen LogP contribution is -2.02. The summed E-state index contributed by atoms with van der Waals surface area (Å²) in [5, 5.41) is 11.6. The maximum absolute atomic E-state index is 10.6. The number of aromatic carboxylic acids is 1. The maximum atomic E-state index is 10.6. The van der Waals surface area contributed by atoms with Gasteiger partial charge in [-0.15, -0.1) is 0 Å². The first kappa shape index (κ1) is 11.0. The van der Waals surface area contributed by atoms with Crippen molar-refractivity contribution in [3.8, 4) is 0 Å². The van der Waals surface area contributed by atoms with Gasteiger partial charge in [-0.3, -0.25) is 4.98 Å². The van der Waals surface area contributed by atoms with Gasteiger partial charge in [-0.05, 0) is 19.1 Å². The van der Waals surface area contributed by atoms with Crippen molar-refractivity contribution in [3.63, 3.8) is 0 Å². The number of carboxylic acids is 1. The molecule has 2 rings (SSSR count). The van der Waals surface area contributed by atoms with E-state index in [1.807, 2.05) is 19.1 Å². The van der Waals surface area contributed by atoms with E-state index in [0.29, 0.717) is 5.82 Å². The minimum Gasteiger partial charge on any atom is -0.476 e. The smallest absolute Gasteiger partial charge is 0.356 e. The predicted molar refractivity (Wildman–Crippen MR) is 61.2 cm³/mol. The number of carbonyl (C=O) groups is 1. The van der Waals surface area contributed by atoms with Crippen molar-refractivity contribution in [1.82, 2.24) is 15.0 Å². The van der Waals surface area contributed by atoms with E-state index in [1.54, 1.807) is 6.20 Å². The summed E-state index contributed by atoms with van der Waals surface area (Å²) in [5.74, 6) is -0.623. The van der Waals surface area contributed by atoms with Crippen LogP contribution in [0.1, 0.15) is 16.2 Å². The number of aromatic nitrogens is 3. The molecule has 2 heterocycles. The lowest BCUT2D eigenvalue weighted by molar-refractivity contribution is 0.0690. The maximum Gasteiger partial charge on any atom is 0.356 e. The highest BCUT2D eigenvalue weighted by atomic mass is 16.4. The Labute approximate surface area is 97.4 Å². The van der Waals surface area contributed by atoms with Crippen molar-refractivity contribution in [2.24, 2.45) is 0 Å². The molecule has 0 saturated heterocycles. The fourth-order valence-corrected chi connectivity index (χ4v) is 1.19. The van der Waals surface area contributed by atoms with Gasteiger partial charge in [0.15, 0.2) is 5.69 Å². The zero-order chi connectivity index (χ0) is 12.3. The molecule has 0 fully saturated rings. The fraction of sp³-hybridized carbons (Fsp3) is 0.0909. The molecule has 6 nitrogen and oxygen atoms in total. The van der Waals surface area contributed by atoms with Crippen molar-refractivity contribution in [2.45, 2.75) is 6.92 Å². The molecule has 0 aromatic carbocycles. The average molecular weight is 230 g/mol. The topological polar surface area (TPSA) is 88.0 Å². The molecule has 0 spiro atoms. The standard InChI is InChI=1S/C11H10N4O2/c1-7-2-3-8(4-12-7)15-10-6-13-9(5-14-10)11(16)17/h2-6H,1H3,(H,14,15)(H,16,17). The van der Waals surface area contributed by atoms with Crippen molar-refractivity contribution in [2.75, 3.05) is 5.32 Å². The SMILES string of the molecule is Cc1ccc(Nc2cnc(C(=O)O)cn2)cn1. The highest BCUT2D eigenvalue weighted by Crippen LogP contribution is 2.12. The first-order valence-electron chi connectivity index (χ1n) is 4.90. The van der Waals surface area contributed by atoms with Crippen LogP contribution in [0.5, 0.6) is 0 Å². The van der Waals surface area contributed by atoms with Crippen LogP contribution in [0.3, 0.4) is 0 Å². The van der Waals surface area contributed by atoms with Crippen LogP contribution >= 0.6 is 0 Å². The number of anilines is 2. The number of hydrogen-bond acceptors (Lipinski definition) is 5. The van der Waals surface area contributed by atoms with E-state index in [4.69, 9.17) is 5.11 Å². The summed E-state index contributed by atoms with van der Waals surface area (Å²) in [6.07, 6.45) is 4.23. The fourth-order valence-electron chi connectivity index (χ4n) is 1.19. The van der Waals surface area contributed by atoms with E-state index in [1.165, 1.54) is 12.4 Å². The Morgan fingerprint density at radius 2 is 2.00 bits per heavy atom. The molecule has 2 aromatic heterocycles. The molecule has 0 aliphatic rings. The van der Waals surface area contributed by atoms with Gasteiger partial charge >= 0.3 is 5.97 Å². The van der Waals surface area contributed by atoms with E-state index < -0.39 is 5.97 Å². The van der Waals surface area contributed by atoms with Gasteiger partial charge in [0.2, 0.25) is 0 Å². The van der Waals surface area contributed by atoms with E-state index in [2.05, 4.69) is 20.3 Å². The lowest BCUT2D eigenvalue weighted by Gasteiger charge is -2.04. The zero-order valence-electron chi connectivity index (χ0n) is 9.08. The van der Waals surface area contributed by atoms with Crippen molar-refractivity contribution in [3.05, 3.63) is 42.1 Å². The molecule has 0 aliphatic heterocycles. The Hall–Kier alpha value is -2.50. The van der Waals surface area contributed by atoms with Crippen molar-refractivity contribution >= 4 is 17.5 Å². The molecular weight excluding hydrogens is 220 g/mol. The molecule has 0 aliphatic carbocycles. The molecular formula is C11H10N4O2. The van der Waals surface area contributed by atoms with Crippen LogP contribution < -0.4 is 5.32 Å². The monoisotopic (exact) mass is 230 g/mol. The number of hydrogen-bond donors (Lipinski definition) is 2. The summed E-state index contributed by atoms with van der Waals surface area (Å²) in [5.41, 5.74) is 1.61. The first-order valence-corrected chi connectivity index (χ1v) is 4.90. The Bertz CT molecular complexity index is 522. The highest BCUT2D eigenvalue weighted by molar-refractivity contribution is 5.84. The van der Waals surface area contributed by atoms with Crippen LogP contribution in [0.4, 0.5) is 11.5 Å². The minimum absolute atomic E-state index is 0.0856. The normalized spacial score (nSPS) is 9.94. The second-order valence-electron chi connectivity index (χ2n) is 3.41. The predicted octanol–water partition coefficient (Wildman–Crippen LogP) is 1.62. The first-order chi connectivity index (χ1) is 8.15. The van der Waals surface area contributed by atoms with E-state index in [0.717, 1.165) is 11.4 Å². The number of carboxylic acid groups (broad SMARTS) is 1. The second kappa shape index (κ2) is 4.56. The van der Waals surface area contributed by atoms with Gasteiger partial charge in [0.25, 0.3) is 0 Å². The van der Waals surface area contributed by atoms with Crippen LogP contribution in [0.2, 0.25) is 0 Å². The third-order valence-electron chi connectivity index (χ3n) is 2.05. The Morgan fingerprint density at radius 1 is 1.18 bits per heavy atom. The minimum atomic E-state index is -1.10. The molecule has 2 N–H and O–H groups in total. The van der Waals surface area contributed by atoms with E-state index >= 15 is 0 Å². The number of nitrogens with one attached hydrogen (secondary N) is 1. The molecule has 2 aromatic rings. The van der Waals surface area contributed by atoms with Gasteiger partial charge < -0.3 is 10.4 Å². The van der Waals surface area contributed by atoms with Gasteiger partial charge in [-0.2, -0.15) is 0 Å². The van der Waals surface area contributed by atoms with E-state index in [-0.39, 0.29) is 5.69 Å². The molecule has 0 bridgehead atoms. The van der Waals surface area contributed by atoms with Crippen molar-refractivity contribution in [1.29, 1.82) is 0 Å². The Balaban J connectivity index is 2.13. The van der Waals surface area contributed by atoms with Gasteiger partial charge in [-0.1, -0.05) is 0 Å². The Morgan fingerprint density at radius 3 is 2.53 bits per heavy atom. The van der Waals surface area contributed by atoms with Crippen LogP contribution in [-0.2, 0) is 0 Å². The number of pyridine rings is 1. The third kappa shape index (κ3) is 2.75. The second-order valence-corrected chi connectivity index (χ2v) is 3.41. The highest BCUT2D eigenvalue weighted by Gasteiger charge is 2.04. The molecule has 0 radical (unpaired) electrons. The number of nitrogens with zero attached hydrogens (tertiary/aromatic N) is 3. The summed E-state index contributed by atoms with van der Waals surface area (Å²) >= 11 is 0. The van der Waals surface area contributed by atoms with Crippen LogP contribution in [0.15, 0.2) is 30.7 Å². The molecule has 17 heavy (non-hydrogen) atoms. The third-order valence-corrected chi connectivity index (χ3v) is 2.05. The van der Waals surface area contributed by atoms with Crippen molar-refractivity contribution < 1.29 is 9.90 Å². The molecule has 0 amide bonds. The number of aryl methyl sites for hydroxylation is 1. The van der Waals surface area contributed by atoms with Gasteiger partial charge in [0, 0.05) is 5.69 Å². The van der Waals surface area contributed by atoms with Gasteiger partial charge in [-0.25, -0.2) is 14.8 Å². The molecule has 0 unspecified atom stereocenters. The zero-order valence-corrected chi connectivity index (χ0v) is 9.08. The summed E-state index contributed by atoms with van der Waals surface area (Å²) in [6, 6.07) is 3.72. The lowest BCUT2D eigenvalue weighted by atomic mass is 10.3. The number of rotatable bonds is 3. The Kier molecular flexibility index (Phi) is 2.95. The average Bonchev–Trinajstić information content (AvgIpc) is 2.33. The van der Waals surface area contributed by atoms with Crippen LogP contribution in [-0.4, -0.2) is 26.0 Å². The summed E-state index contributed by atoms with van der Waals surface area (Å²) in [7, 11) is 0. The van der Waals surface area contributed by atoms with Crippen LogP contribution in [0, 0.1) is 6.92 Å². The largest absolute Gasteiger partial charge is 0.476 e. The molecule has 0 atom stereocenters. The summed E-state index contributed by atoms with van der Waals surface area (Å²) < 4.78 is 0. The quantitative estimate of drug-likeness (QED) is 0.833.